The van der Waals surface area contributed by atoms with E-state index < -0.39 is 40.3 Å². The number of rotatable bonds is 4. The molecule has 0 bridgehead atoms. The summed E-state index contributed by atoms with van der Waals surface area (Å²) in [5.74, 6) is -0.914. The Morgan fingerprint density at radius 1 is 1.28 bits per heavy atom. The van der Waals surface area contributed by atoms with Crippen molar-refractivity contribution in [2.75, 3.05) is 6.54 Å². The minimum Gasteiger partial charge on any atom is -0.392 e. The number of hydrogen-bond donors (Lipinski definition) is 3. The minimum atomic E-state index is -4.67. The number of halogens is 3. The molecule has 1 aromatic carbocycles. The molecule has 0 heterocycles. The maximum Gasteiger partial charge on any atom is 0.416 e. The van der Waals surface area contributed by atoms with Crippen LogP contribution in [0, 0.1) is 5.41 Å². The SMILES string of the molecule is C[C@@]1(CNC(=O)[C@](C)(O)c2ccccc2C(F)(F)F)CCCC[C@H]1O. The molecule has 1 fully saturated rings. The summed E-state index contributed by atoms with van der Waals surface area (Å²) >= 11 is 0. The minimum absolute atomic E-state index is 0.0946. The molecule has 0 unspecified atom stereocenters. The fourth-order valence-corrected chi connectivity index (χ4v) is 3.32. The largest absolute Gasteiger partial charge is 0.416 e. The summed E-state index contributed by atoms with van der Waals surface area (Å²) in [7, 11) is 0. The van der Waals surface area contributed by atoms with Crippen LogP contribution in [0.1, 0.15) is 50.7 Å². The van der Waals surface area contributed by atoms with Crippen molar-refractivity contribution in [1.29, 1.82) is 0 Å². The zero-order valence-corrected chi connectivity index (χ0v) is 14.4. The van der Waals surface area contributed by atoms with Crippen LogP contribution >= 0.6 is 0 Å². The molecule has 1 aliphatic carbocycles. The number of aliphatic hydroxyl groups is 2. The van der Waals surface area contributed by atoms with E-state index >= 15 is 0 Å². The van der Waals surface area contributed by atoms with Crippen LogP contribution in [-0.4, -0.2) is 28.8 Å². The standard InChI is InChI=1S/C18H24F3NO3/c1-16(10-6-5-9-14(16)23)11-22-15(24)17(2,25)12-7-3-4-8-13(12)18(19,20)21/h3-4,7-8,14,23,25H,5-6,9-11H2,1-2H3,(H,22,24)/t14-,16+,17-/m1/s1. The molecule has 0 aliphatic heterocycles. The summed E-state index contributed by atoms with van der Waals surface area (Å²) in [4.78, 5) is 12.4. The molecule has 3 N–H and O–H groups in total. The van der Waals surface area contributed by atoms with Gasteiger partial charge in [-0.1, -0.05) is 38.0 Å². The van der Waals surface area contributed by atoms with Crippen molar-refractivity contribution < 1.29 is 28.2 Å². The number of nitrogens with one attached hydrogen (secondary N) is 1. The van der Waals surface area contributed by atoms with Gasteiger partial charge < -0.3 is 15.5 Å². The van der Waals surface area contributed by atoms with Crippen LogP contribution < -0.4 is 5.32 Å². The maximum atomic E-state index is 13.2. The molecule has 7 heteroatoms. The average Bonchev–Trinajstić information content (AvgIpc) is 2.55. The summed E-state index contributed by atoms with van der Waals surface area (Å²) in [6.07, 6.45) is -2.12. The molecule has 0 saturated heterocycles. The Balaban J connectivity index is 2.18. The Labute approximate surface area is 145 Å². The Kier molecular flexibility index (Phi) is 5.49. The van der Waals surface area contributed by atoms with Gasteiger partial charge >= 0.3 is 6.18 Å². The van der Waals surface area contributed by atoms with Crippen LogP contribution in [0.3, 0.4) is 0 Å². The van der Waals surface area contributed by atoms with E-state index in [2.05, 4.69) is 5.32 Å². The first-order valence-electron chi connectivity index (χ1n) is 8.34. The van der Waals surface area contributed by atoms with E-state index in [9.17, 15) is 28.2 Å². The number of carbonyl (C=O) groups is 1. The third-order valence-electron chi connectivity index (χ3n) is 5.13. The highest BCUT2D eigenvalue weighted by molar-refractivity contribution is 5.86. The topological polar surface area (TPSA) is 69.6 Å². The molecule has 140 valence electrons. The van der Waals surface area contributed by atoms with Gasteiger partial charge in [0.2, 0.25) is 0 Å². The molecule has 2 rings (SSSR count). The second-order valence-corrected chi connectivity index (χ2v) is 7.21. The van der Waals surface area contributed by atoms with E-state index in [0.29, 0.717) is 12.8 Å². The molecule has 1 aliphatic rings. The van der Waals surface area contributed by atoms with Gasteiger partial charge in [0.05, 0.1) is 11.7 Å². The molecular weight excluding hydrogens is 335 g/mol. The van der Waals surface area contributed by atoms with Gasteiger partial charge in [0.1, 0.15) is 0 Å². The molecule has 3 atom stereocenters. The first-order chi connectivity index (χ1) is 11.5. The Morgan fingerprint density at radius 3 is 2.44 bits per heavy atom. The van der Waals surface area contributed by atoms with Gasteiger partial charge in [-0.05, 0) is 25.8 Å². The van der Waals surface area contributed by atoms with Gasteiger partial charge in [-0.15, -0.1) is 0 Å². The quantitative estimate of drug-likeness (QED) is 0.774. The number of hydrogen-bond acceptors (Lipinski definition) is 3. The number of alkyl halides is 3. The second kappa shape index (κ2) is 6.96. The van der Waals surface area contributed by atoms with Crippen molar-refractivity contribution in [3.05, 3.63) is 35.4 Å². The Bertz CT molecular complexity index is 630. The number of carbonyl (C=O) groups excluding carboxylic acids is 1. The fraction of sp³-hybridized carbons (Fsp3) is 0.611. The van der Waals surface area contributed by atoms with Crippen LogP contribution in [0.25, 0.3) is 0 Å². The Hall–Kier alpha value is -1.60. The highest BCUT2D eigenvalue weighted by atomic mass is 19.4. The lowest BCUT2D eigenvalue weighted by atomic mass is 9.73. The van der Waals surface area contributed by atoms with Gasteiger partial charge in [0.15, 0.2) is 5.60 Å². The summed E-state index contributed by atoms with van der Waals surface area (Å²) in [6.45, 7) is 2.97. The lowest BCUT2D eigenvalue weighted by Crippen LogP contribution is -2.50. The van der Waals surface area contributed by atoms with Crippen molar-refractivity contribution in [2.45, 2.75) is 57.4 Å². The van der Waals surface area contributed by atoms with Crippen molar-refractivity contribution in [3.8, 4) is 0 Å². The van der Waals surface area contributed by atoms with E-state index in [4.69, 9.17) is 0 Å². The zero-order valence-electron chi connectivity index (χ0n) is 14.4. The van der Waals surface area contributed by atoms with Crippen LogP contribution in [0.15, 0.2) is 24.3 Å². The molecule has 4 nitrogen and oxygen atoms in total. The average molecular weight is 359 g/mol. The summed E-state index contributed by atoms with van der Waals surface area (Å²) < 4.78 is 39.5. The highest BCUT2D eigenvalue weighted by Crippen LogP contribution is 2.38. The molecule has 1 saturated carbocycles. The number of aliphatic hydroxyl groups excluding tert-OH is 1. The highest BCUT2D eigenvalue weighted by Gasteiger charge is 2.43. The molecule has 0 aromatic heterocycles. The lowest BCUT2D eigenvalue weighted by Gasteiger charge is -2.39. The Morgan fingerprint density at radius 2 is 1.88 bits per heavy atom. The van der Waals surface area contributed by atoms with E-state index in [1.54, 1.807) is 0 Å². The third kappa shape index (κ3) is 4.15. The van der Waals surface area contributed by atoms with Crippen LogP contribution in [0.5, 0.6) is 0 Å². The van der Waals surface area contributed by atoms with Gasteiger partial charge in [0.25, 0.3) is 5.91 Å². The first-order valence-corrected chi connectivity index (χ1v) is 8.34. The van der Waals surface area contributed by atoms with E-state index in [1.165, 1.54) is 12.1 Å². The van der Waals surface area contributed by atoms with E-state index in [1.807, 2.05) is 6.92 Å². The third-order valence-corrected chi connectivity index (χ3v) is 5.13. The fourth-order valence-electron chi connectivity index (χ4n) is 3.32. The zero-order chi connectivity index (χ0) is 18.9. The van der Waals surface area contributed by atoms with E-state index in [0.717, 1.165) is 31.9 Å². The molecule has 0 spiro atoms. The van der Waals surface area contributed by atoms with Crippen molar-refractivity contribution in [3.63, 3.8) is 0 Å². The van der Waals surface area contributed by atoms with Crippen molar-refractivity contribution in [2.24, 2.45) is 5.41 Å². The van der Waals surface area contributed by atoms with Gasteiger partial charge in [-0.3, -0.25) is 4.79 Å². The van der Waals surface area contributed by atoms with Gasteiger partial charge in [-0.25, -0.2) is 0 Å². The molecule has 0 radical (unpaired) electrons. The van der Waals surface area contributed by atoms with E-state index in [-0.39, 0.29) is 6.54 Å². The monoisotopic (exact) mass is 359 g/mol. The predicted molar refractivity (Wildman–Crippen MR) is 86.6 cm³/mol. The molecular formula is C18H24F3NO3. The van der Waals surface area contributed by atoms with Crippen LogP contribution in [0.2, 0.25) is 0 Å². The van der Waals surface area contributed by atoms with Gasteiger partial charge in [-0.2, -0.15) is 13.2 Å². The van der Waals surface area contributed by atoms with Crippen molar-refractivity contribution in [1.82, 2.24) is 5.32 Å². The normalized spacial score (nSPS) is 26.8. The van der Waals surface area contributed by atoms with Gasteiger partial charge in [0, 0.05) is 17.5 Å². The molecule has 1 aromatic rings. The first kappa shape index (κ1) is 19.7. The molecule has 1 amide bonds. The molecule has 25 heavy (non-hydrogen) atoms. The summed E-state index contributed by atoms with van der Waals surface area (Å²) in [6, 6.07) is 4.49. The smallest absolute Gasteiger partial charge is 0.392 e. The summed E-state index contributed by atoms with van der Waals surface area (Å²) in [5.41, 5.74) is -4.41. The number of amides is 1. The summed E-state index contributed by atoms with van der Waals surface area (Å²) in [5, 5.41) is 23.2. The van der Waals surface area contributed by atoms with Crippen molar-refractivity contribution >= 4 is 5.91 Å². The number of benzene rings is 1. The lowest BCUT2D eigenvalue weighted by molar-refractivity contribution is -0.146. The second-order valence-electron chi connectivity index (χ2n) is 7.21. The van der Waals surface area contributed by atoms with Crippen LogP contribution in [-0.2, 0) is 16.6 Å². The predicted octanol–water partition coefficient (Wildman–Crippen LogP) is 2.97. The van der Waals surface area contributed by atoms with Crippen LogP contribution in [0.4, 0.5) is 13.2 Å². The maximum absolute atomic E-state index is 13.2.